The molecule has 0 aromatic heterocycles. The van der Waals surface area contributed by atoms with Gasteiger partial charge < -0.3 is 20.7 Å². The molecule has 0 radical (unpaired) electrons. The SMILES string of the molecule is CCC(C)(C)C(=O)OC1CCCCC1Nc1ccc(C(c2ccc(Nc3ccc(C)c(CNS(=O)(=O)C(F)(F)F)c3)cc2)c2ccc(Nc3ccc(C)c(S(=O)(=O)NS(C)(=O)=O)c3)cc2)c2ccccc12. The quantitative estimate of drug-likeness (QED) is 0.0407. The summed E-state index contributed by atoms with van der Waals surface area (Å²) in [5.74, 6) is -0.552. The Labute approximate surface area is 414 Å². The maximum absolute atomic E-state index is 13.2. The van der Waals surface area contributed by atoms with Crippen LogP contribution in [0.25, 0.3) is 10.8 Å². The molecule has 0 heterocycles. The average molecular weight is 1030 g/mol. The van der Waals surface area contributed by atoms with Gasteiger partial charge in [-0.25, -0.2) is 30.0 Å². The molecule has 378 valence electrons. The van der Waals surface area contributed by atoms with Crippen molar-refractivity contribution in [2.24, 2.45) is 5.41 Å². The summed E-state index contributed by atoms with van der Waals surface area (Å²) in [6, 6.07) is 37.2. The summed E-state index contributed by atoms with van der Waals surface area (Å²) in [4.78, 5) is 13.1. The van der Waals surface area contributed by atoms with Crippen molar-refractivity contribution in [2.45, 2.75) is 102 Å². The molecule has 7 rings (SSSR count). The van der Waals surface area contributed by atoms with E-state index in [1.165, 1.54) is 6.07 Å². The van der Waals surface area contributed by atoms with E-state index in [2.05, 4.69) is 40.2 Å². The molecule has 6 aromatic carbocycles. The Morgan fingerprint density at radius 2 is 1.25 bits per heavy atom. The summed E-state index contributed by atoms with van der Waals surface area (Å²) >= 11 is 0. The van der Waals surface area contributed by atoms with Crippen LogP contribution in [0.15, 0.2) is 126 Å². The second-order valence-electron chi connectivity index (χ2n) is 18.6. The number of hydrogen-bond donors (Lipinski definition) is 5. The zero-order valence-corrected chi connectivity index (χ0v) is 42.6. The number of benzene rings is 6. The summed E-state index contributed by atoms with van der Waals surface area (Å²) in [5.41, 5.74) is 1.24. The van der Waals surface area contributed by atoms with Crippen LogP contribution in [0.4, 0.5) is 41.6 Å². The molecule has 1 aliphatic carbocycles. The third-order valence-corrected chi connectivity index (χ3v) is 17.2. The molecule has 0 amide bonds. The second-order valence-corrected chi connectivity index (χ2v) is 24.1. The summed E-state index contributed by atoms with van der Waals surface area (Å²) in [5, 5.41) is 12.2. The van der Waals surface area contributed by atoms with Gasteiger partial charge in [-0.1, -0.05) is 80.1 Å². The van der Waals surface area contributed by atoms with E-state index in [0.717, 1.165) is 65.1 Å². The molecule has 1 fully saturated rings. The second kappa shape index (κ2) is 21.0. The highest BCUT2D eigenvalue weighted by Crippen LogP contribution is 2.41. The summed E-state index contributed by atoms with van der Waals surface area (Å²) in [6.45, 7) is 8.48. The average Bonchev–Trinajstić information content (AvgIpc) is 3.31. The van der Waals surface area contributed by atoms with Crippen molar-refractivity contribution in [1.82, 2.24) is 8.85 Å². The number of hydrogen-bond acceptors (Lipinski definition) is 11. The van der Waals surface area contributed by atoms with Gasteiger partial charge in [0.15, 0.2) is 0 Å². The minimum atomic E-state index is -5.54. The van der Waals surface area contributed by atoms with E-state index in [4.69, 9.17) is 4.74 Å². The first-order valence-electron chi connectivity index (χ1n) is 23.1. The number of rotatable bonds is 18. The van der Waals surface area contributed by atoms with Crippen molar-refractivity contribution < 1.29 is 48.0 Å². The van der Waals surface area contributed by atoms with Crippen LogP contribution in [0.2, 0.25) is 0 Å². The Morgan fingerprint density at radius 1 is 0.704 bits per heavy atom. The number of halogens is 3. The van der Waals surface area contributed by atoms with Gasteiger partial charge in [0.05, 0.1) is 22.6 Å². The fourth-order valence-corrected chi connectivity index (χ4v) is 11.8. The lowest BCUT2D eigenvalue weighted by Crippen LogP contribution is -2.42. The van der Waals surface area contributed by atoms with Gasteiger partial charge in [0, 0.05) is 46.3 Å². The molecule has 19 heteroatoms. The molecule has 0 aliphatic heterocycles. The number of aryl methyl sites for hydroxylation is 2. The van der Waals surface area contributed by atoms with Gasteiger partial charge in [0.1, 0.15) is 6.10 Å². The van der Waals surface area contributed by atoms with Gasteiger partial charge >= 0.3 is 21.5 Å². The van der Waals surface area contributed by atoms with E-state index in [0.29, 0.717) is 45.9 Å². The summed E-state index contributed by atoms with van der Waals surface area (Å²) < 4.78 is 122. The lowest BCUT2D eigenvalue weighted by atomic mass is 9.82. The first-order valence-corrected chi connectivity index (χ1v) is 27.9. The Kier molecular flexibility index (Phi) is 15.6. The predicted molar refractivity (Wildman–Crippen MR) is 274 cm³/mol. The molecular formula is C52H58F3N5O8S3. The van der Waals surface area contributed by atoms with Crippen molar-refractivity contribution in [3.8, 4) is 0 Å². The standard InChI is InChI=1S/C52H58F3N5O8S3/c1-7-51(4,5)50(61)68-47-15-11-10-14-46(47)59-45-29-28-44(42-12-8-9-13-43(42)45)49(36-20-26-39(27-21-36)58-41-23-17-34(3)48(31-41)70(64,65)60-69(6,62)63)35-18-24-38(25-19-35)57-40-22-16-33(2)37(30-40)32-56-71(66,67)52(53,54)55/h8-9,12-13,16-31,46-47,49,56-60H,7,10-11,14-15,32H2,1-6H3. The smallest absolute Gasteiger partial charge is 0.460 e. The molecule has 6 aromatic rings. The van der Waals surface area contributed by atoms with Gasteiger partial charge in [-0.15, -0.1) is 4.13 Å². The van der Waals surface area contributed by atoms with Crippen LogP contribution < -0.4 is 24.8 Å². The molecule has 3 atom stereocenters. The maximum Gasteiger partial charge on any atom is 0.511 e. The first-order chi connectivity index (χ1) is 33.3. The number of carbonyl (C=O) groups excluding carboxylic acids is 1. The molecule has 13 nitrogen and oxygen atoms in total. The van der Waals surface area contributed by atoms with Crippen molar-refractivity contribution in [1.29, 1.82) is 0 Å². The summed E-state index contributed by atoms with van der Waals surface area (Å²) in [7, 11) is -14.0. The summed E-state index contributed by atoms with van der Waals surface area (Å²) in [6.07, 6.45) is 4.69. The van der Waals surface area contributed by atoms with E-state index < -0.39 is 47.5 Å². The van der Waals surface area contributed by atoms with Crippen LogP contribution in [-0.4, -0.2) is 55.1 Å². The number of carbonyl (C=O) groups is 1. The molecule has 0 bridgehead atoms. The van der Waals surface area contributed by atoms with Crippen molar-refractivity contribution in [3.63, 3.8) is 0 Å². The number of sulfonamides is 3. The van der Waals surface area contributed by atoms with Crippen LogP contribution >= 0.6 is 0 Å². The third kappa shape index (κ3) is 12.7. The minimum absolute atomic E-state index is 0.0973. The van der Waals surface area contributed by atoms with Gasteiger partial charge in [-0.05, 0) is 147 Å². The van der Waals surface area contributed by atoms with E-state index in [1.54, 1.807) is 53.0 Å². The number of ether oxygens (including phenoxy) is 1. The molecule has 0 spiro atoms. The van der Waals surface area contributed by atoms with Gasteiger partial charge in [0.2, 0.25) is 10.0 Å². The fraction of sp³-hybridized carbons (Fsp3) is 0.327. The zero-order valence-electron chi connectivity index (χ0n) is 40.1. The lowest BCUT2D eigenvalue weighted by molar-refractivity contribution is -0.161. The topological polar surface area (TPSA) is 189 Å². The highest BCUT2D eigenvalue weighted by Gasteiger charge is 2.45. The zero-order chi connectivity index (χ0) is 51.5. The van der Waals surface area contributed by atoms with E-state index in [1.807, 2.05) is 81.4 Å². The van der Waals surface area contributed by atoms with Crippen LogP contribution in [0, 0.1) is 19.3 Å². The van der Waals surface area contributed by atoms with Crippen LogP contribution in [0.5, 0.6) is 0 Å². The normalized spacial score (nSPS) is 16.3. The molecule has 5 N–H and O–H groups in total. The fourth-order valence-electron chi connectivity index (χ4n) is 8.55. The van der Waals surface area contributed by atoms with Gasteiger partial charge in [0.25, 0.3) is 10.0 Å². The largest absolute Gasteiger partial charge is 0.511 e. The Balaban J connectivity index is 1.23. The van der Waals surface area contributed by atoms with Gasteiger partial charge in [-0.2, -0.15) is 13.2 Å². The lowest BCUT2D eigenvalue weighted by Gasteiger charge is -2.35. The van der Waals surface area contributed by atoms with E-state index >= 15 is 0 Å². The van der Waals surface area contributed by atoms with E-state index in [-0.39, 0.29) is 28.9 Å². The number of fused-ring (bicyclic) bond motifs is 1. The van der Waals surface area contributed by atoms with Crippen LogP contribution in [0.3, 0.4) is 0 Å². The minimum Gasteiger partial charge on any atom is -0.460 e. The predicted octanol–water partition coefficient (Wildman–Crippen LogP) is 11.0. The number of esters is 1. The first kappa shape index (κ1) is 52.8. The van der Waals surface area contributed by atoms with Crippen molar-refractivity contribution >= 4 is 75.2 Å². The third-order valence-electron chi connectivity index (χ3n) is 12.9. The number of alkyl halides is 3. The monoisotopic (exact) mass is 1030 g/mol. The van der Waals surface area contributed by atoms with Crippen molar-refractivity contribution in [3.05, 3.63) is 155 Å². The molecule has 1 saturated carbocycles. The highest BCUT2D eigenvalue weighted by atomic mass is 32.3. The van der Waals surface area contributed by atoms with Crippen molar-refractivity contribution in [2.75, 3.05) is 22.2 Å². The van der Waals surface area contributed by atoms with E-state index in [9.17, 15) is 43.2 Å². The molecule has 71 heavy (non-hydrogen) atoms. The van der Waals surface area contributed by atoms with Crippen LogP contribution in [-0.2, 0) is 46.1 Å². The maximum atomic E-state index is 13.2. The molecule has 3 unspecified atom stereocenters. The van der Waals surface area contributed by atoms with Gasteiger partial charge in [-0.3, -0.25) is 4.79 Å². The molecule has 0 saturated heterocycles. The Hall–Kier alpha value is -5.99. The molecule has 1 aliphatic rings. The highest BCUT2D eigenvalue weighted by molar-refractivity contribution is 8.04. The Morgan fingerprint density at radius 3 is 1.83 bits per heavy atom. The Bertz CT molecular complexity index is 3260. The number of anilines is 5. The van der Waals surface area contributed by atoms with Crippen LogP contribution in [0.1, 0.15) is 92.2 Å². The number of nitrogens with one attached hydrogen (secondary N) is 5. The molecular weight excluding hydrogens is 976 g/mol.